The molecule has 0 aliphatic rings. The molecule has 0 unspecified atom stereocenters. The number of hydrogen-bond acceptors (Lipinski definition) is 3. The summed E-state index contributed by atoms with van der Waals surface area (Å²) in [6.45, 7) is 3.09. The van der Waals surface area contributed by atoms with E-state index in [1.807, 2.05) is 30.3 Å². The molecule has 0 aliphatic heterocycles. The van der Waals surface area contributed by atoms with Crippen LogP contribution in [-0.2, 0) is 11.3 Å². The Kier molecular flexibility index (Phi) is 4.81. The molecule has 0 amide bonds. The maximum Gasteiger partial charge on any atom is 0.188 e. The van der Waals surface area contributed by atoms with Crippen LogP contribution >= 0.6 is 0 Å². The molecule has 2 aromatic carbocycles. The average molecular weight is 257 g/mol. The van der Waals surface area contributed by atoms with Gasteiger partial charge in [-0.2, -0.15) is 0 Å². The molecule has 2 aromatic rings. The Labute approximate surface area is 114 Å². The van der Waals surface area contributed by atoms with Crippen molar-refractivity contribution in [3.05, 3.63) is 59.7 Å². The van der Waals surface area contributed by atoms with Crippen LogP contribution in [0.3, 0.4) is 0 Å². The van der Waals surface area contributed by atoms with Gasteiger partial charge in [-0.1, -0.05) is 36.4 Å². The zero-order valence-corrected chi connectivity index (χ0v) is 11.3. The molecule has 0 spiro atoms. The van der Waals surface area contributed by atoms with Crippen LogP contribution in [0.1, 0.15) is 11.1 Å². The Morgan fingerprint density at radius 1 is 1.05 bits per heavy atom. The normalized spacial score (nSPS) is 10.2. The van der Waals surface area contributed by atoms with Crippen molar-refractivity contribution in [2.24, 2.45) is 0 Å². The summed E-state index contributed by atoms with van der Waals surface area (Å²) in [6.07, 6.45) is 0. The topological polar surface area (TPSA) is 30.5 Å². The van der Waals surface area contributed by atoms with Crippen LogP contribution in [0.4, 0.5) is 5.69 Å². The van der Waals surface area contributed by atoms with Crippen LogP contribution in [0.25, 0.3) is 0 Å². The summed E-state index contributed by atoms with van der Waals surface area (Å²) in [7, 11) is 1.62. The molecule has 3 nitrogen and oxygen atoms in total. The third-order valence-corrected chi connectivity index (χ3v) is 2.79. The zero-order chi connectivity index (χ0) is 13.5. The second-order valence-electron chi connectivity index (χ2n) is 4.39. The number of methoxy groups -OCH3 is 1. The third kappa shape index (κ3) is 4.00. The molecule has 0 fully saturated rings. The maximum atomic E-state index is 5.54. The first-order valence-electron chi connectivity index (χ1n) is 6.30. The van der Waals surface area contributed by atoms with Crippen LogP contribution in [0, 0.1) is 6.92 Å². The van der Waals surface area contributed by atoms with Gasteiger partial charge in [-0.05, 0) is 30.2 Å². The molecule has 0 aromatic heterocycles. The van der Waals surface area contributed by atoms with Gasteiger partial charge in [0.1, 0.15) is 5.75 Å². The fourth-order valence-electron chi connectivity index (χ4n) is 1.82. The standard InChI is InChI=1S/C16H19NO2/c1-13-8-9-16(19-12-18-2)15(10-13)17-11-14-6-4-3-5-7-14/h3-10,17H,11-12H2,1-2H3. The number of hydrogen-bond donors (Lipinski definition) is 1. The number of aryl methyl sites for hydroxylation is 1. The molecule has 1 N–H and O–H groups in total. The van der Waals surface area contributed by atoms with E-state index < -0.39 is 0 Å². The van der Waals surface area contributed by atoms with Crippen molar-refractivity contribution in [3.8, 4) is 5.75 Å². The summed E-state index contributed by atoms with van der Waals surface area (Å²) >= 11 is 0. The summed E-state index contributed by atoms with van der Waals surface area (Å²) in [5, 5.41) is 3.40. The van der Waals surface area contributed by atoms with Crippen molar-refractivity contribution in [3.63, 3.8) is 0 Å². The van der Waals surface area contributed by atoms with Crippen LogP contribution in [0.2, 0.25) is 0 Å². The first-order chi connectivity index (χ1) is 9.29. The highest BCUT2D eigenvalue weighted by Crippen LogP contribution is 2.26. The van der Waals surface area contributed by atoms with Gasteiger partial charge < -0.3 is 14.8 Å². The molecule has 0 atom stereocenters. The Balaban J connectivity index is 2.07. The van der Waals surface area contributed by atoms with Crippen LogP contribution in [0.15, 0.2) is 48.5 Å². The van der Waals surface area contributed by atoms with Gasteiger partial charge >= 0.3 is 0 Å². The Hall–Kier alpha value is -2.00. The lowest BCUT2D eigenvalue weighted by molar-refractivity contribution is 0.0516. The van der Waals surface area contributed by atoms with Gasteiger partial charge in [-0.15, -0.1) is 0 Å². The Morgan fingerprint density at radius 3 is 2.58 bits per heavy atom. The van der Waals surface area contributed by atoms with E-state index in [0.717, 1.165) is 18.0 Å². The number of anilines is 1. The number of rotatable bonds is 6. The molecular formula is C16H19NO2. The van der Waals surface area contributed by atoms with Crippen molar-refractivity contribution in [2.45, 2.75) is 13.5 Å². The van der Waals surface area contributed by atoms with Crippen molar-refractivity contribution in [1.29, 1.82) is 0 Å². The molecular weight excluding hydrogens is 238 g/mol. The molecule has 100 valence electrons. The maximum absolute atomic E-state index is 5.54. The molecule has 0 radical (unpaired) electrons. The van der Waals surface area contributed by atoms with E-state index in [2.05, 4.69) is 30.4 Å². The smallest absolute Gasteiger partial charge is 0.188 e. The van der Waals surface area contributed by atoms with E-state index in [0.29, 0.717) is 0 Å². The highest BCUT2D eigenvalue weighted by atomic mass is 16.7. The quantitative estimate of drug-likeness (QED) is 0.802. The van der Waals surface area contributed by atoms with Gasteiger partial charge in [0, 0.05) is 13.7 Å². The third-order valence-electron chi connectivity index (χ3n) is 2.79. The van der Waals surface area contributed by atoms with Gasteiger partial charge in [0.05, 0.1) is 5.69 Å². The molecule has 0 bridgehead atoms. The van der Waals surface area contributed by atoms with Gasteiger partial charge in [-0.3, -0.25) is 0 Å². The SMILES string of the molecule is COCOc1ccc(C)cc1NCc1ccccc1. The number of nitrogens with one attached hydrogen (secondary N) is 1. The molecule has 0 saturated carbocycles. The van der Waals surface area contributed by atoms with Crippen molar-refractivity contribution < 1.29 is 9.47 Å². The monoisotopic (exact) mass is 257 g/mol. The minimum atomic E-state index is 0.253. The first kappa shape index (κ1) is 13.4. The highest BCUT2D eigenvalue weighted by Gasteiger charge is 2.04. The average Bonchev–Trinajstić information content (AvgIpc) is 2.45. The van der Waals surface area contributed by atoms with Gasteiger partial charge in [-0.25, -0.2) is 0 Å². The lowest BCUT2D eigenvalue weighted by Gasteiger charge is -2.13. The second kappa shape index (κ2) is 6.81. The number of ether oxygens (including phenoxy) is 2. The van der Waals surface area contributed by atoms with E-state index in [1.54, 1.807) is 7.11 Å². The van der Waals surface area contributed by atoms with Gasteiger partial charge in [0.25, 0.3) is 0 Å². The van der Waals surface area contributed by atoms with E-state index in [1.165, 1.54) is 11.1 Å². The molecule has 0 heterocycles. The molecule has 0 saturated heterocycles. The summed E-state index contributed by atoms with van der Waals surface area (Å²) in [6, 6.07) is 16.3. The van der Waals surface area contributed by atoms with E-state index in [-0.39, 0.29) is 6.79 Å². The molecule has 2 rings (SSSR count). The molecule has 3 heteroatoms. The van der Waals surface area contributed by atoms with Crippen LogP contribution < -0.4 is 10.1 Å². The van der Waals surface area contributed by atoms with E-state index in [9.17, 15) is 0 Å². The molecule has 19 heavy (non-hydrogen) atoms. The van der Waals surface area contributed by atoms with Gasteiger partial charge in [0.15, 0.2) is 6.79 Å². The van der Waals surface area contributed by atoms with Crippen molar-refractivity contribution >= 4 is 5.69 Å². The van der Waals surface area contributed by atoms with Gasteiger partial charge in [0.2, 0.25) is 0 Å². The fourth-order valence-corrected chi connectivity index (χ4v) is 1.82. The van der Waals surface area contributed by atoms with E-state index >= 15 is 0 Å². The summed E-state index contributed by atoms with van der Waals surface area (Å²) in [5.41, 5.74) is 3.42. The largest absolute Gasteiger partial charge is 0.465 e. The fraction of sp³-hybridized carbons (Fsp3) is 0.250. The minimum absolute atomic E-state index is 0.253. The van der Waals surface area contributed by atoms with Crippen molar-refractivity contribution in [1.82, 2.24) is 0 Å². The zero-order valence-electron chi connectivity index (χ0n) is 11.3. The summed E-state index contributed by atoms with van der Waals surface area (Å²) in [4.78, 5) is 0. The first-order valence-corrected chi connectivity index (χ1v) is 6.30. The van der Waals surface area contributed by atoms with Crippen LogP contribution in [0.5, 0.6) is 5.75 Å². The lowest BCUT2D eigenvalue weighted by atomic mass is 10.2. The molecule has 0 aliphatic carbocycles. The minimum Gasteiger partial charge on any atom is -0.465 e. The second-order valence-corrected chi connectivity index (χ2v) is 4.39. The number of benzene rings is 2. The summed E-state index contributed by atoms with van der Waals surface area (Å²) in [5.74, 6) is 0.809. The predicted molar refractivity (Wildman–Crippen MR) is 77.5 cm³/mol. The van der Waals surface area contributed by atoms with E-state index in [4.69, 9.17) is 9.47 Å². The van der Waals surface area contributed by atoms with Crippen LogP contribution in [-0.4, -0.2) is 13.9 Å². The predicted octanol–water partition coefficient (Wildman–Crippen LogP) is 3.59. The summed E-state index contributed by atoms with van der Waals surface area (Å²) < 4.78 is 10.5. The highest BCUT2D eigenvalue weighted by molar-refractivity contribution is 5.58. The lowest BCUT2D eigenvalue weighted by Crippen LogP contribution is -2.05. The Morgan fingerprint density at radius 2 is 1.84 bits per heavy atom. The Bertz CT molecular complexity index is 511. The van der Waals surface area contributed by atoms with Crippen molar-refractivity contribution in [2.75, 3.05) is 19.2 Å².